The molecule has 1 unspecified atom stereocenters. The Morgan fingerprint density at radius 1 is 1.12 bits per heavy atom. The van der Waals surface area contributed by atoms with Crippen LogP contribution in [0, 0.1) is 10.1 Å². The third-order valence-corrected chi connectivity index (χ3v) is 8.39. The molecule has 0 bridgehead atoms. The van der Waals surface area contributed by atoms with E-state index in [2.05, 4.69) is 31.9 Å². The van der Waals surface area contributed by atoms with Crippen molar-refractivity contribution in [2.45, 2.75) is 56.1 Å². The van der Waals surface area contributed by atoms with Gasteiger partial charge in [-0.1, -0.05) is 59.5 Å². The van der Waals surface area contributed by atoms with Crippen LogP contribution < -0.4 is 16.0 Å². The maximum absolute atomic E-state index is 13.8. The molecule has 1 fully saturated rings. The third kappa shape index (κ3) is 5.50. The first-order valence-corrected chi connectivity index (χ1v) is 15.1. The van der Waals surface area contributed by atoms with E-state index in [1.807, 2.05) is 30.5 Å². The van der Waals surface area contributed by atoms with Crippen molar-refractivity contribution in [1.29, 1.82) is 0 Å². The van der Waals surface area contributed by atoms with E-state index in [4.69, 9.17) is 5.10 Å². The number of hydrogen-bond donors (Lipinski definition) is 3. The summed E-state index contributed by atoms with van der Waals surface area (Å²) >= 11 is 4.89. The topological polar surface area (TPSA) is 131 Å². The molecule has 2 heterocycles. The van der Waals surface area contributed by atoms with Crippen molar-refractivity contribution in [3.63, 3.8) is 0 Å². The summed E-state index contributed by atoms with van der Waals surface area (Å²) < 4.78 is 2.48. The number of nitrogens with zero attached hydrogens (tertiary/aromatic N) is 3. The monoisotopic (exact) mass is 624 g/mol. The second-order valence-electron chi connectivity index (χ2n) is 9.84. The molecule has 1 aliphatic heterocycles. The summed E-state index contributed by atoms with van der Waals surface area (Å²) in [5.41, 5.74) is 1.94. The molecule has 1 saturated carbocycles. The van der Waals surface area contributed by atoms with Gasteiger partial charge in [-0.3, -0.25) is 19.7 Å². The van der Waals surface area contributed by atoms with Crippen molar-refractivity contribution < 1.29 is 14.5 Å². The summed E-state index contributed by atoms with van der Waals surface area (Å²) in [6.07, 6.45) is 7.13. The first kappa shape index (κ1) is 27.9. The predicted molar refractivity (Wildman–Crippen MR) is 159 cm³/mol. The fraction of sp³-hybridized carbons (Fsp3) is 0.321. The number of thioether (sulfide) groups is 1. The lowest BCUT2D eigenvalue weighted by atomic mass is 9.94. The predicted octanol–water partition coefficient (Wildman–Crippen LogP) is 6.27. The Hall–Kier alpha value is -3.64. The summed E-state index contributed by atoms with van der Waals surface area (Å²) in [6.45, 7) is 1.76. The van der Waals surface area contributed by atoms with E-state index in [1.165, 1.54) is 30.3 Å². The van der Waals surface area contributed by atoms with Crippen LogP contribution in [-0.4, -0.2) is 38.8 Å². The number of amides is 2. The standard InChI is InChI=1S/C28H29BrN6O4S/c1-16-22(26(36)32-20-13-6-7-14-21(20)35(38)39)24(17-9-8-10-18(29)15-17)34-25(30-16)23(28(33-34)40-2)27(37)31-19-11-4-3-5-12-19/h6-10,13-15,19,24,30H,3-5,11-12H2,1-2H3,(H,31,37)(H,32,36). The number of nitrogens with one attached hydrogen (secondary N) is 3. The molecule has 2 aliphatic rings. The Bertz CT molecular complexity index is 1510. The quantitative estimate of drug-likeness (QED) is 0.160. The number of hydrogen-bond acceptors (Lipinski definition) is 7. The van der Waals surface area contributed by atoms with Crippen molar-refractivity contribution in [3.05, 3.63) is 85.5 Å². The van der Waals surface area contributed by atoms with E-state index < -0.39 is 16.9 Å². The van der Waals surface area contributed by atoms with E-state index >= 15 is 0 Å². The zero-order valence-corrected chi connectivity index (χ0v) is 24.5. The second kappa shape index (κ2) is 11.8. The van der Waals surface area contributed by atoms with Gasteiger partial charge in [0.2, 0.25) is 0 Å². The second-order valence-corrected chi connectivity index (χ2v) is 11.5. The average molecular weight is 626 g/mol. The molecule has 10 nitrogen and oxygen atoms in total. The summed E-state index contributed by atoms with van der Waals surface area (Å²) in [7, 11) is 0. The fourth-order valence-electron chi connectivity index (χ4n) is 5.35. The van der Waals surface area contributed by atoms with Crippen LogP contribution in [0.2, 0.25) is 0 Å². The maximum atomic E-state index is 13.8. The van der Waals surface area contributed by atoms with E-state index in [-0.39, 0.29) is 23.3 Å². The SMILES string of the molecule is CSc1nn2c(c1C(=O)NC1CCCCC1)NC(C)=C(C(=O)Nc1ccccc1[N+](=O)[O-])C2c1cccc(Br)c1. The minimum Gasteiger partial charge on any atom is -0.349 e. The highest BCUT2D eigenvalue weighted by Gasteiger charge is 2.38. The fourth-order valence-corrected chi connectivity index (χ4v) is 6.33. The number of aromatic nitrogens is 2. The average Bonchev–Trinajstić information content (AvgIpc) is 3.31. The van der Waals surface area contributed by atoms with Crippen LogP contribution in [0.5, 0.6) is 0 Å². The Kier molecular flexibility index (Phi) is 8.27. The smallest absolute Gasteiger partial charge is 0.292 e. The molecule has 1 aromatic heterocycles. The minimum absolute atomic E-state index is 0.0920. The molecule has 40 heavy (non-hydrogen) atoms. The molecule has 2 amide bonds. The Morgan fingerprint density at radius 3 is 2.58 bits per heavy atom. The molecule has 2 aromatic carbocycles. The van der Waals surface area contributed by atoms with Crippen LogP contribution in [0.1, 0.15) is 61.0 Å². The highest BCUT2D eigenvalue weighted by Crippen LogP contribution is 2.41. The molecule has 0 radical (unpaired) electrons. The molecule has 0 spiro atoms. The number of rotatable bonds is 7. The zero-order chi connectivity index (χ0) is 28.4. The van der Waals surface area contributed by atoms with Gasteiger partial charge < -0.3 is 16.0 Å². The van der Waals surface area contributed by atoms with Crippen molar-refractivity contribution in [1.82, 2.24) is 15.1 Å². The molecule has 0 saturated heterocycles. The first-order chi connectivity index (χ1) is 19.3. The van der Waals surface area contributed by atoms with Gasteiger partial charge in [-0.15, -0.1) is 11.8 Å². The Morgan fingerprint density at radius 2 is 1.88 bits per heavy atom. The first-order valence-electron chi connectivity index (χ1n) is 13.0. The maximum Gasteiger partial charge on any atom is 0.292 e. The number of para-hydroxylation sites is 2. The van der Waals surface area contributed by atoms with Crippen LogP contribution in [0.3, 0.4) is 0 Å². The molecule has 3 aromatic rings. The minimum atomic E-state index is -0.696. The highest BCUT2D eigenvalue weighted by atomic mass is 79.9. The van der Waals surface area contributed by atoms with Gasteiger partial charge in [0.05, 0.1) is 10.5 Å². The van der Waals surface area contributed by atoms with Crippen molar-refractivity contribution in [3.8, 4) is 0 Å². The molecule has 1 aliphatic carbocycles. The van der Waals surface area contributed by atoms with Crippen LogP contribution in [0.15, 0.2) is 69.3 Å². The molecule has 5 rings (SSSR count). The molecule has 1 atom stereocenters. The number of nitro groups is 1. The molecular weight excluding hydrogens is 596 g/mol. The Balaban J connectivity index is 1.59. The molecular formula is C28H29BrN6O4S. The van der Waals surface area contributed by atoms with Gasteiger partial charge in [-0.05, 0) is 49.8 Å². The third-order valence-electron chi connectivity index (χ3n) is 7.23. The number of nitro benzene ring substituents is 1. The van der Waals surface area contributed by atoms with Gasteiger partial charge in [0.1, 0.15) is 28.1 Å². The number of halogens is 1. The zero-order valence-electron chi connectivity index (χ0n) is 22.1. The number of carbonyl (C=O) groups is 2. The number of benzene rings is 2. The molecule has 208 valence electrons. The van der Waals surface area contributed by atoms with Gasteiger partial charge in [-0.2, -0.15) is 5.10 Å². The largest absolute Gasteiger partial charge is 0.349 e. The summed E-state index contributed by atoms with van der Waals surface area (Å²) in [4.78, 5) is 38.5. The van der Waals surface area contributed by atoms with Crippen molar-refractivity contribution >= 4 is 56.7 Å². The van der Waals surface area contributed by atoms with E-state index in [0.717, 1.165) is 35.7 Å². The number of anilines is 2. The summed E-state index contributed by atoms with van der Waals surface area (Å²) in [5.74, 6) is -0.203. The normalized spacial score (nSPS) is 17.1. The number of carbonyl (C=O) groups excluding carboxylic acids is 2. The molecule has 12 heteroatoms. The van der Waals surface area contributed by atoms with Gasteiger partial charge in [0.25, 0.3) is 17.5 Å². The number of fused-ring (bicyclic) bond motifs is 1. The van der Waals surface area contributed by atoms with Gasteiger partial charge in [-0.25, -0.2) is 4.68 Å². The van der Waals surface area contributed by atoms with Gasteiger partial charge >= 0.3 is 0 Å². The molecule has 3 N–H and O–H groups in total. The summed E-state index contributed by atoms with van der Waals surface area (Å²) in [5, 5.41) is 26.1. The lowest BCUT2D eigenvalue weighted by Crippen LogP contribution is -2.37. The van der Waals surface area contributed by atoms with E-state index in [0.29, 0.717) is 27.7 Å². The lowest BCUT2D eigenvalue weighted by Gasteiger charge is -2.30. The van der Waals surface area contributed by atoms with E-state index in [9.17, 15) is 19.7 Å². The van der Waals surface area contributed by atoms with Crippen LogP contribution >= 0.6 is 27.7 Å². The van der Waals surface area contributed by atoms with Crippen molar-refractivity contribution in [2.24, 2.45) is 0 Å². The van der Waals surface area contributed by atoms with Crippen LogP contribution in [-0.2, 0) is 4.79 Å². The van der Waals surface area contributed by atoms with Crippen LogP contribution in [0.4, 0.5) is 17.2 Å². The Labute approximate surface area is 244 Å². The van der Waals surface area contributed by atoms with Crippen molar-refractivity contribution in [2.75, 3.05) is 16.9 Å². The van der Waals surface area contributed by atoms with E-state index in [1.54, 1.807) is 23.7 Å². The highest BCUT2D eigenvalue weighted by molar-refractivity contribution is 9.10. The lowest BCUT2D eigenvalue weighted by molar-refractivity contribution is -0.383. The number of allylic oxidation sites excluding steroid dienone is 1. The summed E-state index contributed by atoms with van der Waals surface area (Å²) in [6, 6.07) is 13.0. The van der Waals surface area contributed by atoms with Gasteiger partial charge in [0, 0.05) is 22.3 Å². The van der Waals surface area contributed by atoms with Gasteiger partial charge in [0.15, 0.2) is 0 Å². The van der Waals surface area contributed by atoms with Crippen LogP contribution in [0.25, 0.3) is 0 Å².